The Hall–Kier alpha value is -4.52. The molecule has 5 rings (SSSR count). The number of amides is 2. The van der Waals surface area contributed by atoms with Crippen LogP contribution in [0.3, 0.4) is 0 Å². The lowest BCUT2D eigenvalue weighted by Gasteiger charge is -2.15. The van der Waals surface area contributed by atoms with Crippen LogP contribution in [0.2, 0.25) is 0 Å². The highest BCUT2D eigenvalue weighted by Gasteiger charge is 2.25. The minimum absolute atomic E-state index is 0.196. The molecule has 1 heterocycles. The number of carbonyl (C=O) groups is 3. The number of ether oxygens (including phenoxy) is 1. The Labute approximate surface area is 208 Å². The number of aromatic nitrogens is 1. The average Bonchev–Trinajstić information content (AvgIpc) is 3.71. The second-order valence-electron chi connectivity index (χ2n) is 8.76. The Bertz CT molecular complexity index is 1460. The van der Waals surface area contributed by atoms with Crippen LogP contribution in [0.5, 0.6) is 0 Å². The molecule has 180 valence electrons. The number of hydrogen-bond acceptors (Lipinski definition) is 5. The summed E-state index contributed by atoms with van der Waals surface area (Å²) in [5.74, 6) is -1.38. The van der Waals surface area contributed by atoms with Gasteiger partial charge in [0, 0.05) is 17.0 Å². The van der Waals surface area contributed by atoms with Crippen molar-refractivity contribution < 1.29 is 19.1 Å². The van der Waals surface area contributed by atoms with E-state index in [-0.39, 0.29) is 11.9 Å². The van der Waals surface area contributed by atoms with E-state index in [1.165, 1.54) is 0 Å². The molecule has 4 aromatic rings. The fraction of sp³-hybridized carbons (Fsp3) is 0.172. The predicted octanol–water partition coefficient (Wildman–Crippen LogP) is 4.90. The molecule has 0 unspecified atom stereocenters. The molecular weight excluding hydrogens is 454 g/mol. The Morgan fingerprint density at radius 1 is 0.917 bits per heavy atom. The highest BCUT2D eigenvalue weighted by Crippen LogP contribution is 2.30. The Morgan fingerprint density at radius 2 is 1.61 bits per heavy atom. The summed E-state index contributed by atoms with van der Waals surface area (Å²) in [5, 5.41) is 6.26. The van der Waals surface area contributed by atoms with Gasteiger partial charge in [0.25, 0.3) is 11.8 Å². The second-order valence-corrected chi connectivity index (χ2v) is 8.76. The van der Waals surface area contributed by atoms with Crippen LogP contribution in [0, 0.1) is 6.92 Å². The molecule has 0 atom stereocenters. The molecule has 0 bridgehead atoms. The second kappa shape index (κ2) is 10.00. The largest absolute Gasteiger partial charge is 0.452 e. The SMILES string of the molecule is Cc1c(-c2ccccc2)nc2ccccc2c1C(=O)OCC(=O)Nc1ccccc1C(=O)NC1CC1. The zero-order valence-corrected chi connectivity index (χ0v) is 19.8. The highest BCUT2D eigenvalue weighted by atomic mass is 16.5. The minimum Gasteiger partial charge on any atom is -0.452 e. The molecule has 0 aliphatic heterocycles. The summed E-state index contributed by atoms with van der Waals surface area (Å²) < 4.78 is 5.44. The van der Waals surface area contributed by atoms with E-state index in [1.54, 1.807) is 24.3 Å². The van der Waals surface area contributed by atoms with Crippen molar-refractivity contribution in [1.29, 1.82) is 0 Å². The summed E-state index contributed by atoms with van der Waals surface area (Å²) in [4.78, 5) is 43.2. The Balaban J connectivity index is 1.35. The molecular formula is C29H25N3O4. The predicted molar refractivity (Wildman–Crippen MR) is 138 cm³/mol. The maximum atomic E-state index is 13.2. The van der Waals surface area contributed by atoms with Gasteiger partial charge in [-0.15, -0.1) is 0 Å². The van der Waals surface area contributed by atoms with E-state index in [0.717, 1.165) is 18.4 Å². The lowest BCUT2D eigenvalue weighted by molar-refractivity contribution is -0.119. The van der Waals surface area contributed by atoms with Crippen LogP contribution in [-0.2, 0) is 9.53 Å². The van der Waals surface area contributed by atoms with E-state index in [0.29, 0.717) is 39.0 Å². The van der Waals surface area contributed by atoms with Crippen molar-refractivity contribution in [3.63, 3.8) is 0 Å². The van der Waals surface area contributed by atoms with E-state index in [2.05, 4.69) is 10.6 Å². The molecule has 0 saturated heterocycles. The van der Waals surface area contributed by atoms with Crippen LogP contribution in [0.15, 0.2) is 78.9 Å². The van der Waals surface area contributed by atoms with Gasteiger partial charge in [0.2, 0.25) is 0 Å². The Kier molecular flexibility index (Phi) is 6.45. The summed E-state index contributed by atoms with van der Waals surface area (Å²) in [5.41, 5.74) is 4.01. The molecule has 3 aromatic carbocycles. The normalized spacial score (nSPS) is 12.7. The summed E-state index contributed by atoms with van der Waals surface area (Å²) >= 11 is 0. The summed E-state index contributed by atoms with van der Waals surface area (Å²) in [6.45, 7) is 1.33. The van der Waals surface area contributed by atoms with Crippen molar-refractivity contribution in [1.82, 2.24) is 10.3 Å². The topological polar surface area (TPSA) is 97.4 Å². The highest BCUT2D eigenvalue weighted by molar-refractivity contribution is 6.08. The molecule has 7 heteroatoms. The monoisotopic (exact) mass is 479 g/mol. The van der Waals surface area contributed by atoms with Crippen LogP contribution >= 0.6 is 0 Å². The number of anilines is 1. The summed E-state index contributed by atoms with van der Waals surface area (Å²) in [6, 6.07) is 23.9. The van der Waals surface area contributed by atoms with Crippen molar-refractivity contribution in [3.8, 4) is 11.3 Å². The molecule has 1 aliphatic carbocycles. The van der Waals surface area contributed by atoms with Crippen LogP contribution in [0.1, 0.15) is 39.1 Å². The van der Waals surface area contributed by atoms with E-state index >= 15 is 0 Å². The third-order valence-corrected chi connectivity index (χ3v) is 6.08. The third kappa shape index (κ3) is 4.95. The fourth-order valence-corrected chi connectivity index (χ4v) is 4.12. The first kappa shape index (κ1) is 23.2. The quantitative estimate of drug-likeness (QED) is 0.368. The molecule has 0 radical (unpaired) electrons. The molecule has 1 saturated carbocycles. The first-order valence-corrected chi connectivity index (χ1v) is 11.8. The van der Waals surface area contributed by atoms with Crippen LogP contribution < -0.4 is 10.6 Å². The average molecular weight is 480 g/mol. The number of rotatable bonds is 7. The van der Waals surface area contributed by atoms with Crippen molar-refractivity contribution in [2.45, 2.75) is 25.8 Å². The van der Waals surface area contributed by atoms with E-state index in [9.17, 15) is 14.4 Å². The number of hydrogen-bond donors (Lipinski definition) is 2. The maximum absolute atomic E-state index is 13.2. The molecule has 7 nitrogen and oxygen atoms in total. The first-order chi connectivity index (χ1) is 17.5. The molecule has 1 aromatic heterocycles. The van der Waals surface area contributed by atoms with Crippen molar-refractivity contribution in [2.75, 3.05) is 11.9 Å². The number of benzene rings is 3. The van der Waals surface area contributed by atoms with Gasteiger partial charge in [-0.25, -0.2) is 9.78 Å². The van der Waals surface area contributed by atoms with Gasteiger partial charge in [-0.1, -0.05) is 60.7 Å². The molecule has 1 aliphatic rings. The molecule has 0 spiro atoms. The van der Waals surface area contributed by atoms with Crippen molar-refractivity contribution >= 4 is 34.4 Å². The van der Waals surface area contributed by atoms with Gasteiger partial charge < -0.3 is 15.4 Å². The Morgan fingerprint density at radius 3 is 2.39 bits per heavy atom. The number of nitrogens with zero attached hydrogens (tertiary/aromatic N) is 1. The van der Waals surface area contributed by atoms with Crippen LogP contribution in [0.25, 0.3) is 22.2 Å². The van der Waals surface area contributed by atoms with Crippen molar-refractivity contribution in [3.05, 3.63) is 95.6 Å². The van der Waals surface area contributed by atoms with Gasteiger partial charge in [0.1, 0.15) is 0 Å². The van der Waals surface area contributed by atoms with Gasteiger partial charge in [-0.05, 0) is 43.5 Å². The summed E-state index contributed by atoms with van der Waals surface area (Å²) in [6.07, 6.45) is 1.93. The molecule has 1 fully saturated rings. The minimum atomic E-state index is -0.613. The number of para-hydroxylation sites is 2. The number of nitrogens with one attached hydrogen (secondary N) is 2. The number of esters is 1. The smallest absolute Gasteiger partial charge is 0.339 e. The maximum Gasteiger partial charge on any atom is 0.339 e. The number of fused-ring (bicyclic) bond motifs is 1. The number of carbonyl (C=O) groups excluding carboxylic acids is 3. The van der Waals surface area contributed by atoms with E-state index < -0.39 is 18.5 Å². The van der Waals surface area contributed by atoms with Gasteiger partial charge >= 0.3 is 5.97 Å². The van der Waals surface area contributed by atoms with Gasteiger partial charge in [0.05, 0.1) is 28.0 Å². The standard InChI is InChI=1S/C29H25N3O4/c1-18-26(21-11-5-7-13-23(21)32-27(18)19-9-3-2-4-10-19)29(35)36-17-25(33)31-24-14-8-6-12-22(24)28(34)30-20-15-16-20/h2-14,20H,15-17H2,1H3,(H,30,34)(H,31,33). The van der Waals surface area contributed by atoms with Gasteiger partial charge in [-0.3, -0.25) is 9.59 Å². The lowest BCUT2D eigenvalue weighted by atomic mass is 9.98. The molecule has 2 amide bonds. The van der Waals surface area contributed by atoms with E-state index in [4.69, 9.17) is 9.72 Å². The van der Waals surface area contributed by atoms with Crippen molar-refractivity contribution in [2.24, 2.45) is 0 Å². The van der Waals surface area contributed by atoms with Gasteiger partial charge in [-0.2, -0.15) is 0 Å². The molecule has 36 heavy (non-hydrogen) atoms. The first-order valence-electron chi connectivity index (χ1n) is 11.8. The summed E-state index contributed by atoms with van der Waals surface area (Å²) in [7, 11) is 0. The van der Waals surface area contributed by atoms with Crippen LogP contribution in [-0.4, -0.2) is 35.4 Å². The zero-order valence-electron chi connectivity index (χ0n) is 19.8. The van der Waals surface area contributed by atoms with Gasteiger partial charge in [0.15, 0.2) is 6.61 Å². The fourth-order valence-electron chi connectivity index (χ4n) is 4.12. The third-order valence-electron chi connectivity index (χ3n) is 6.08. The lowest BCUT2D eigenvalue weighted by Crippen LogP contribution is -2.28. The molecule has 2 N–H and O–H groups in total. The zero-order chi connectivity index (χ0) is 25.1. The van der Waals surface area contributed by atoms with E-state index in [1.807, 2.05) is 61.5 Å². The number of pyridine rings is 1. The van der Waals surface area contributed by atoms with Crippen LogP contribution in [0.4, 0.5) is 5.69 Å².